The molecule has 320 valence electrons. The molecule has 0 aliphatic carbocycles. The first-order valence-corrected chi connectivity index (χ1v) is 21.7. The molecule has 5 rings (SSSR count). The maximum Gasteiger partial charge on any atom is 0.309 e. The predicted molar refractivity (Wildman–Crippen MR) is 210 cm³/mol. The molecule has 5 aliphatic rings. The lowest BCUT2D eigenvalue weighted by molar-refractivity contribution is -0.398. The molecule has 5 heterocycles. The largest absolute Gasteiger partial charge is 0.481 e. The molecule has 1 unspecified atom stereocenters. The van der Waals surface area contributed by atoms with Crippen LogP contribution in [0.4, 0.5) is 0 Å². The Kier molecular flexibility index (Phi) is 14.0. The fourth-order valence-electron chi connectivity index (χ4n) is 10.9. The van der Waals surface area contributed by atoms with Gasteiger partial charge in [-0.15, -0.1) is 0 Å². The van der Waals surface area contributed by atoms with E-state index in [1.807, 2.05) is 53.7 Å². The maximum atomic E-state index is 14.5. The van der Waals surface area contributed by atoms with E-state index in [1.54, 1.807) is 6.92 Å². The van der Waals surface area contributed by atoms with E-state index in [0.29, 0.717) is 57.8 Å². The molecule has 12 nitrogen and oxygen atoms in total. The number of hydrogen-bond donors (Lipinski definition) is 4. The third-order valence-corrected chi connectivity index (χ3v) is 14.8. The lowest BCUT2D eigenvalue weighted by Crippen LogP contribution is -2.65. The van der Waals surface area contributed by atoms with Crippen LogP contribution < -0.4 is 5.32 Å². The number of amides is 1. The first kappa shape index (κ1) is 45.2. The number of nitrogens with one attached hydrogen (secondary N) is 1. The van der Waals surface area contributed by atoms with Crippen LogP contribution in [0.5, 0.6) is 0 Å². The van der Waals surface area contributed by atoms with E-state index in [-0.39, 0.29) is 47.8 Å². The van der Waals surface area contributed by atoms with Gasteiger partial charge in [-0.05, 0) is 89.5 Å². The van der Waals surface area contributed by atoms with Crippen molar-refractivity contribution >= 4 is 17.7 Å². The van der Waals surface area contributed by atoms with E-state index in [0.717, 1.165) is 6.42 Å². The van der Waals surface area contributed by atoms with Gasteiger partial charge in [0.15, 0.2) is 11.6 Å². The summed E-state index contributed by atoms with van der Waals surface area (Å²) < 4.78 is 34.1. The zero-order valence-electron chi connectivity index (χ0n) is 35.9. The molecule has 0 radical (unpaired) electrons. The van der Waals surface area contributed by atoms with Gasteiger partial charge in [-0.1, -0.05) is 61.5 Å². The predicted octanol–water partition coefficient (Wildman–Crippen LogP) is 6.33. The monoisotopic (exact) mass is 792 g/mol. The van der Waals surface area contributed by atoms with E-state index in [2.05, 4.69) is 26.1 Å². The Hall–Kier alpha value is -1.93. The minimum Gasteiger partial charge on any atom is -0.481 e. The normalized spacial score (nSPS) is 44.2. The van der Waals surface area contributed by atoms with Crippen LogP contribution >= 0.6 is 0 Å². The highest BCUT2D eigenvalue weighted by Crippen LogP contribution is 2.54. The summed E-state index contributed by atoms with van der Waals surface area (Å²) in [4.78, 5) is 39.0. The second-order valence-corrected chi connectivity index (χ2v) is 18.6. The van der Waals surface area contributed by atoms with Crippen molar-refractivity contribution in [2.45, 2.75) is 206 Å². The first-order chi connectivity index (χ1) is 26.2. The number of carbonyl (C=O) groups excluding carboxylic acids is 2. The number of ketones is 1. The maximum absolute atomic E-state index is 14.5. The lowest BCUT2D eigenvalue weighted by atomic mass is 9.72. The molecule has 2 spiro atoms. The molecular formula is C44H73NO11. The van der Waals surface area contributed by atoms with Gasteiger partial charge < -0.3 is 44.3 Å². The number of hydrogen-bond acceptors (Lipinski definition) is 10. The van der Waals surface area contributed by atoms with E-state index < -0.39 is 76.8 Å². The number of rotatable bonds is 13. The van der Waals surface area contributed by atoms with Crippen LogP contribution in [0.3, 0.4) is 0 Å². The minimum atomic E-state index is -1.27. The SMILES string of the molecule is CC[C@@H](C(=O)[C@@H](C)[C@@H](O)[C@H](C)[C@@H]1O[C@@H]([C@@H](CC)C(=O)O)CCC1C)[C@H]1O[C@]2(C=C[C@@H](NC(C)=O)[C@]3(CC[C@@](C)([C@H]4CC[C@](O)(CC)[C@H](C)O4)O3)O2)[C@H](C)C[C@@H]1C. The quantitative estimate of drug-likeness (QED) is 0.154. The van der Waals surface area contributed by atoms with E-state index in [4.69, 9.17) is 23.7 Å². The van der Waals surface area contributed by atoms with Crippen molar-refractivity contribution in [2.24, 2.45) is 41.4 Å². The zero-order valence-corrected chi connectivity index (χ0v) is 35.9. The highest BCUT2D eigenvalue weighted by molar-refractivity contribution is 5.84. The molecule has 56 heavy (non-hydrogen) atoms. The number of carboxylic acid groups (broad SMARTS) is 1. The van der Waals surface area contributed by atoms with Crippen molar-refractivity contribution in [3.63, 3.8) is 0 Å². The molecule has 12 heteroatoms. The Labute approximate surface area is 335 Å². The van der Waals surface area contributed by atoms with Crippen LogP contribution in [0.25, 0.3) is 0 Å². The first-order valence-electron chi connectivity index (χ1n) is 21.7. The van der Waals surface area contributed by atoms with Gasteiger partial charge in [-0.3, -0.25) is 14.4 Å². The molecule has 1 amide bonds. The van der Waals surface area contributed by atoms with Crippen molar-refractivity contribution in [3.8, 4) is 0 Å². The second kappa shape index (κ2) is 17.3. The molecular weight excluding hydrogens is 718 g/mol. The van der Waals surface area contributed by atoms with Gasteiger partial charge in [0.2, 0.25) is 5.91 Å². The summed E-state index contributed by atoms with van der Waals surface area (Å²) in [6.07, 6.45) is 6.79. The third kappa shape index (κ3) is 8.54. The molecule has 0 bridgehead atoms. The van der Waals surface area contributed by atoms with Crippen molar-refractivity contribution < 1.29 is 53.4 Å². The summed E-state index contributed by atoms with van der Waals surface area (Å²) in [5.41, 5.74) is -1.65. The number of carbonyl (C=O) groups is 3. The summed E-state index contributed by atoms with van der Waals surface area (Å²) in [6, 6.07) is -0.595. The number of aliphatic hydroxyl groups is 2. The second-order valence-electron chi connectivity index (χ2n) is 18.6. The molecule has 4 saturated heterocycles. The van der Waals surface area contributed by atoms with Crippen LogP contribution in [0.15, 0.2) is 12.2 Å². The van der Waals surface area contributed by atoms with Gasteiger partial charge in [0.05, 0.1) is 53.7 Å². The third-order valence-electron chi connectivity index (χ3n) is 14.8. The summed E-state index contributed by atoms with van der Waals surface area (Å²) in [6.45, 7) is 21.1. The van der Waals surface area contributed by atoms with Gasteiger partial charge >= 0.3 is 5.97 Å². The zero-order chi connectivity index (χ0) is 41.5. The van der Waals surface area contributed by atoms with Gasteiger partial charge in [0.25, 0.3) is 0 Å². The molecule has 4 N–H and O–H groups in total. The van der Waals surface area contributed by atoms with Gasteiger partial charge in [0, 0.05) is 37.0 Å². The lowest BCUT2D eigenvalue weighted by Gasteiger charge is -2.55. The molecule has 0 aromatic rings. The summed E-state index contributed by atoms with van der Waals surface area (Å²) in [5.74, 6) is -5.98. The van der Waals surface area contributed by atoms with E-state index in [9.17, 15) is 29.7 Å². The van der Waals surface area contributed by atoms with Crippen molar-refractivity contribution in [3.05, 3.63) is 12.2 Å². The number of aliphatic hydroxyl groups excluding tert-OH is 1. The molecule has 0 aromatic heterocycles. The summed E-state index contributed by atoms with van der Waals surface area (Å²) in [5, 5.41) is 35.8. The Bertz CT molecular complexity index is 1440. The highest BCUT2D eigenvalue weighted by atomic mass is 16.8. The van der Waals surface area contributed by atoms with Crippen LogP contribution in [-0.2, 0) is 38.1 Å². The van der Waals surface area contributed by atoms with Crippen LogP contribution in [-0.4, -0.2) is 98.4 Å². The molecule has 0 saturated carbocycles. The molecule has 18 atom stereocenters. The minimum absolute atomic E-state index is 0.000895. The van der Waals surface area contributed by atoms with Crippen molar-refractivity contribution in [1.82, 2.24) is 5.32 Å². The van der Waals surface area contributed by atoms with E-state index >= 15 is 0 Å². The van der Waals surface area contributed by atoms with Gasteiger partial charge in [0.1, 0.15) is 11.8 Å². The number of ether oxygens (including phenoxy) is 5. The van der Waals surface area contributed by atoms with E-state index in [1.165, 1.54) is 6.92 Å². The fraction of sp³-hybridized carbons (Fsp3) is 0.886. The molecule has 4 fully saturated rings. The Balaban J connectivity index is 1.36. The number of Topliss-reactive ketones (excluding diaryl/α,β-unsaturated/α-hetero) is 1. The average Bonchev–Trinajstić information content (AvgIpc) is 3.49. The topological polar surface area (TPSA) is 170 Å². The van der Waals surface area contributed by atoms with Crippen molar-refractivity contribution in [1.29, 1.82) is 0 Å². The summed E-state index contributed by atoms with van der Waals surface area (Å²) >= 11 is 0. The standard InChI is InChI=1S/C44H73NO11/c1-12-31(40(49)50)33-16-15-24(4)38(53-33)28(8)36(47)27(7)37(48)32(13-2)39-25(5)23-26(6)43(54-39)20-17-34(45-30(10)46)44(56-43)22-21-41(11,55-44)35-18-19-42(51,14-3)29(9)52-35/h17,20,24-29,31-36,38-39,47,51H,12-16,18-19,21-23H2,1-11H3,(H,45,46)(H,49,50)/t24?,25-,26+,27-,28-,29-,31+,32-,33+,34+,35+,36+,38+,39-,41-,42+,43-,44-/m0/s1. The van der Waals surface area contributed by atoms with Crippen LogP contribution in [0.2, 0.25) is 0 Å². The molecule has 5 aliphatic heterocycles. The number of aliphatic carboxylic acids is 1. The molecule has 0 aromatic carbocycles. The summed E-state index contributed by atoms with van der Waals surface area (Å²) in [7, 11) is 0. The highest BCUT2D eigenvalue weighted by Gasteiger charge is 2.63. The Morgan fingerprint density at radius 3 is 2.16 bits per heavy atom. The van der Waals surface area contributed by atoms with Gasteiger partial charge in [-0.2, -0.15) is 0 Å². The van der Waals surface area contributed by atoms with Gasteiger partial charge in [-0.25, -0.2) is 0 Å². The average molecular weight is 792 g/mol. The van der Waals surface area contributed by atoms with Crippen LogP contribution in [0.1, 0.15) is 140 Å². The Morgan fingerprint density at radius 2 is 1.57 bits per heavy atom. The Morgan fingerprint density at radius 1 is 0.893 bits per heavy atom. The fourth-order valence-corrected chi connectivity index (χ4v) is 10.9. The van der Waals surface area contributed by atoms with Crippen molar-refractivity contribution in [2.75, 3.05) is 0 Å². The van der Waals surface area contributed by atoms with Crippen LogP contribution in [0, 0.1) is 41.4 Å². The number of carboxylic acids is 1. The smallest absolute Gasteiger partial charge is 0.309 e.